The Hall–Kier alpha value is -2.49. The molecule has 0 saturated heterocycles. The molecule has 1 aromatic carbocycles. The van der Waals surface area contributed by atoms with Gasteiger partial charge in [-0.05, 0) is 35.9 Å². The molecule has 1 aromatic heterocycles. The topological polar surface area (TPSA) is 40.5 Å². The highest BCUT2D eigenvalue weighted by atomic mass is 16.5. The molecule has 0 unspecified atom stereocenters. The van der Waals surface area contributed by atoms with E-state index in [0.717, 1.165) is 16.8 Å². The van der Waals surface area contributed by atoms with Gasteiger partial charge in [0.2, 0.25) is 0 Å². The number of aromatic nitrogens is 1. The third-order valence-electron chi connectivity index (χ3n) is 3.83. The first-order valence-corrected chi connectivity index (χ1v) is 6.75. The maximum Gasteiger partial charge on any atom is 0.189 e. The van der Waals surface area contributed by atoms with E-state index >= 15 is 0 Å². The molecule has 3 rings (SSSR count). The van der Waals surface area contributed by atoms with Gasteiger partial charge in [-0.25, -0.2) is 0 Å². The van der Waals surface area contributed by atoms with E-state index in [0.29, 0.717) is 23.5 Å². The van der Waals surface area contributed by atoms with Gasteiger partial charge in [-0.15, -0.1) is 0 Å². The molecule has 4 nitrogen and oxygen atoms in total. The van der Waals surface area contributed by atoms with Crippen molar-refractivity contribution in [1.82, 2.24) is 4.57 Å². The monoisotopic (exact) mass is 283 g/mol. The van der Waals surface area contributed by atoms with E-state index in [-0.39, 0.29) is 5.78 Å². The lowest BCUT2D eigenvalue weighted by molar-refractivity contribution is 0.104. The van der Waals surface area contributed by atoms with Crippen molar-refractivity contribution in [3.8, 4) is 11.5 Å². The van der Waals surface area contributed by atoms with Gasteiger partial charge >= 0.3 is 0 Å². The Morgan fingerprint density at radius 3 is 2.52 bits per heavy atom. The van der Waals surface area contributed by atoms with Crippen molar-refractivity contribution in [3.63, 3.8) is 0 Å². The Bertz CT molecular complexity index is 740. The SMILES string of the molecule is COc1cc2c(cc1OC)C(=O)/C(=C/c1cccn1C)C2. The molecule has 4 heteroatoms. The van der Waals surface area contributed by atoms with Gasteiger partial charge in [0.15, 0.2) is 17.3 Å². The molecule has 0 amide bonds. The minimum absolute atomic E-state index is 0.0622. The number of hydrogen-bond acceptors (Lipinski definition) is 3. The first-order valence-electron chi connectivity index (χ1n) is 6.75. The lowest BCUT2D eigenvalue weighted by Crippen LogP contribution is -1.98. The molecule has 0 spiro atoms. The third-order valence-corrected chi connectivity index (χ3v) is 3.83. The quantitative estimate of drug-likeness (QED) is 0.813. The Labute approximate surface area is 123 Å². The molecule has 0 N–H and O–H groups in total. The highest BCUT2D eigenvalue weighted by Crippen LogP contribution is 2.36. The lowest BCUT2D eigenvalue weighted by Gasteiger charge is -2.08. The number of aryl methyl sites for hydroxylation is 1. The Kier molecular flexibility index (Phi) is 3.29. The van der Waals surface area contributed by atoms with Crippen LogP contribution in [-0.4, -0.2) is 24.6 Å². The fraction of sp³-hybridized carbons (Fsp3) is 0.235. The molecule has 1 heterocycles. The minimum atomic E-state index is 0.0622. The minimum Gasteiger partial charge on any atom is -0.493 e. The summed E-state index contributed by atoms with van der Waals surface area (Å²) in [5, 5.41) is 0. The van der Waals surface area contributed by atoms with Crippen LogP contribution in [0.15, 0.2) is 36.0 Å². The van der Waals surface area contributed by atoms with Gasteiger partial charge in [0.25, 0.3) is 0 Å². The predicted octanol–water partition coefficient (Wildman–Crippen LogP) is 2.86. The van der Waals surface area contributed by atoms with Crippen LogP contribution in [0.1, 0.15) is 21.6 Å². The molecule has 1 aliphatic carbocycles. The van der Waals surface area contributed by atoms with Crippen molar-refractivity contribution in [2.24, 2.45) is 7.05 Å². The number of fused-ring (bicyclic) bond motifs is 1. The highest BCUT2D eigenvalue weighted by molar-refractivity contribution is 6.15. The number of hydrogen-bond donors (Lipinski definition) is 0. The maximum atomic E-state index is 12.5. The van der Waals surface area contributed by atoms with Crippen molar-refractivity contribution in [1.29, 1.82) is 0 Å². The van der Waals surface area contributed by atoms with E-state index in [4.69, 9.17) is 9.47 Å². The fourth-order valence-corrected chi connectivity index (χ4v) is 2.66. The predicted molar refractivity (Wildman–Crippen MR) is 81.0 cm³/mol. The molecule has 2 aromatic rings. The van der Waals surface area contributed by atoms with E-state index in [1.165, 1.54) is 0 Å². The van der Waals surface area contributed by atoms with E-state index in [1.54, 1.807) is 20.3 Å². The van der Waals surface area contributed by atoms with Crippen molar-refractivity contribution >= 4 is 11.9 Å². The number of allylic oxidation sites excluding steroid dienone is 1. The number of methoxy groups -OCH3 is 2. The van der Waals surface area contributed by atoms with E-state index in [2.05, 4.69) is 0 Å². The van der Waals surface area contributed by atoms with Crippen LogP contribution in [0.25, 0.3) is 6.08 Å². The summed E-state index contributed by atoms with van der Waals surface area (Å²) in [6.45, 7) is 0. The first kappa shape index (κ1) is 13.5. The molecule has 0 fully saturated rings. The molecule has 0 bridgehead atoms. The normalized spacial score (nSPS) is 15.4. The number of ketones is 1. The Morgan fingerprint density at radius 1 is 1.19 bits per heavy atom. The summed E-state index contributed by atoms with van der Waals surface area (Å²) in [6, 6.07) is 7.61. The fourth-order valence-electron chi connectivity index (χ4n) is 2.66. The summed E-state index contributed by atoms with van der Waals surface area (Å²) in [6.07, 6.45) is 4.53. The summed E-state index contributed by atoms with van der Waals surface area (Å²) in [4.78, 5) is 12.5. The second-order valence-electron chi connectivity index (χ2n) is 5.08. The molecule has 0 atom stereocenters. The van der Waals surface area contributed by atoms with E-state index in [1.807, 2.05) is 42.1 Å². The van der Waals surface area contributed by atoms with Gasteiger partial charge < -0.3 is 14.0 Å². The summed E-state index contributed by atoms with van der Waals surface area (Å²) >= 11 is 0. The highest BCUT2D eigenvalue weighted by Gasteiger charge is 2.27. The Morgan fingerprint density at radius 2 is 1.90 bits per heavy atom. The van der Waals surface area contributed by atoms with Crippen LogP contribution in [0.3, 0.4) is 0 Å². The zero-order chi connectivity index (χ0) is 15.0. The second-order valence-corrected chi connectivity index (χ2v) is 5.08. The number of ether oxygens (including phenoxy) is 2. The standard InChI is InChI=1S/C17H17NO3/c1-18-6-4-5-13(18)8-12-7-11-9-15(20-2)16(21-3)10-14(11)17(12)19/h4-6,8-10H,7H2,1-3H3/b12-8+. The van der Waals surface area contributed by atoms with Gasteiger partial charge in [-0.3, -0.25) is 4.79 Å². The van der Waals surface area contributed by atoms with Gasteiger partial charge in [-0.1, -0.05) is 0 Å². The van der Waals surface area contributed by atoms with Crippen LogP contribution < -0.4 is 9.47 Å². The van der Waals surface area contributed by atoms with Crippen LogP contribution in [0.2, 0.25) is 0 Å². The van der Waals surface area contributed by atoms with Crippen molar-refractivity contribution in [2.75, 3.05) is 14.2 Å². The van der Waals surface area contributed by atoms with Crippen LogP contribution in [0.5, 0.6) is 11.5 Å². The molecular formula is C17H17NO3. The van der Waals surface area contributed by atoms with Gasteiger partial charge in [0.05, 0.1) is 14.2 Å². The van der Waals surface area contributed by atoms with Crippen LogP contribution in [0.4, 0.5) is 0 Å². The summed E-state index contributed by atoms with van der Waals surface area (Å²) in [5.74, 6) is 1.31. The molecule has 108 valence electrons. The number of Topliss-reactive ketones (excluding diaryl/α,β-unsaturated/α-hetero) is 1. The lowest BCUT2D eigenvalue weighted by atomic mass is 10.1. The zero-order valence-corrected chi connectivity index (χ0v) is 12.3. The van der Waals surface area contributed by atoms with Crippen LogP contribution in [0, 0.1) is 0 Å². The largest absolute Gasteiger partial charge is 0.493 e. The molecule has 21 heavy (non-hydrogen) atoms. The first-order chi connectivity index (χ1) is 10.1. The number of nitrogens with zero attached hydrogens (tertiary/aromatic N) is 1. The summed E-state index contributed by atoms with van der Waals surface area (Å²) in [5.41, 5.74) is 3.50. The van der Waals surface area contributed by atoms with Crippen molar-refractivity contribution < 1.29 is 14.3 Å². The van der Waals surface area contributed by atoms with E-state index < -0.39 is 0 Å². The molecule has 0 saturated carbocycles. The second kappa shape index (κ2) is 5.13. The van der Waals surface area contributed by atoms with Crippen molar-refractivity contribution in [3.05, 3.63) is 52.9 Å². The number of rotatable bonds is 3. The van der Waals surface area contributed by atoms with Gasteiger partial charge in [-0.2, -0.15) is 0 Å². The van der Waals surface area contributed by atoms with E-state index in [9.17, 15) is 4.79 Å². The molecule has 0 radical (unpaired) electrons. The molecule has 0 aliphatic heterocycles. The zero-order valence-electron chi connectivity index (χ0n) is 12.3. The summed E-state index contributed by atoms with van der Waals surface area (Å²) < 4.78 is 12.6. The maximum absolute atomic E-state index is 12.5. The molecule has 1 aliphatic rings. The summed E-state index contributed by atoms with van der Waals surface area (Å²) in [7, 11) is 5.14. The average molecular weight is 283 g/mol. The van der Waals surface area contributed by atoms with Crippen LogP contribution in [-0.2, 0) is 13.5 Å². The smallest absolute Gasteiger partial charge is 0.189 e. The molecular weight excluding hydrogens is 266 g/mol. The number of carbonyl (C=O) groups excluding carboxylic acids is 1. The number of benzene rings is 1. The average Bonchev–Trinajstić information content (AvgIpc) is 3.03. The van der Waals surface area contributed by atoms with Gasteiger partial charge in [0, 0.05) is 36.5 Å². The van der Waals surface area contributed by atoms with Crippen molar-refractivity contribution in [2.45, 2.75) is 6.42 Å². The third kappa shape index (κ3) is 2.23. The van der Waals surface area contributed by atoms with Crippen LogP contribution >= 0.6 is 0 Å². The Balaban J connectivity index is 2.03. The van der Waals surface area contributed by atoms with Gasteiger partial charge in [0.1, 0.15) is 0 Å². The number of carbonyl (C=O) groups is 1.